The summed E-state index contributed by atoms with van der Waals surface area (Å²) in [6.45, 7) is 4.44. The van der Waals surface area contributed by atoms with Crippen molar-refractivity contribution in [3.8, 4) is 0 Å². The fourth-order valence-corrected chi connectivity index (χ4v) is 9.12. The molecule has 6 rings (SSSR count). The van der Waals surface area contributed by atoms with Crippen molar-refractivity contribution in [1.82, 2.24) is 4.31 Å². The summed E-state index contributed by atoms with van der Waals surface area (Å²) in [6.07, 6.45) is 21.8. The first-order chi connectivity index (χ1) is 13.8. The Morgan fingerprint density at radius 3 is 2.17 bits per heavy atom. The van der Waals surface area contributed by atoms with Crippen molar-refractivity contribution in [3.05, 3.63) is 63.7 Å². The van der Waals surface area contributed by atoms with Crippen LogP contribution >= 0.6 is 0 Å². The minimum Gasteiger partial charge on any atom is -0.273 e. The molecular weight excluding hydrogens is 438 g/mol. The minimum absolute atomic E-state index is 0. The van der Waals surface area contributed by atoms with Crippen molar-refractivity contribution in [1.29, 1.82) is 0 Å². The van der Waals surface area contributed by atoms with Crippen LogP contribution in [0.4, 0.5) is 0 Å². The van der Waals surface area contributed by atoms with Crippen molar-refractivity contribution < 1.29 is 30.3 Å². The van der Waals surface area contributed by atoms with Gasteiger partial charge in [-0.05, 0) is 107 Å². The van der Waals surface area contributed by atoms with Crippen LogP contribution in [0.5, 0.6) is 0 Å². The SMILES string of the molecule is CC1(C)[C@@H]2CC[C@]13CS(=O)(=O)N(C(=O)[C@@H]1C[C@H]1[C]1[CH][CH][CH][CH]1)[C@@H]3C2.[CH]1[CH][CH][CH][CH]1.[Fe]. The molecule has 0 aromatic heterocycles. The largest absolute Gasteiger partial charge is 0.273 e. The fraction of sp³-hybridized carbons (Fsp3) is 0.542. The Morgan fingerprint density at radius 2 is 1.60 bits per heavy atom. The van der Waals surface area contributed by atoms with Gasteiger partial charge < -0.3 is 0 Å². The van der Waals surface area contributed by atoms with Crippen LogP contribution in [0.1, 0.15) is 39.5 Å². The standard InChI is InChI=1S/C19H24NO3S.C5H5.Fe/c1-18(2)13-7-8-19(18)11-24(22,23)20(16(19)9-13)17(21)15-10-14(15)12-5-3-4-6-12;1-2-4-5-3-1;/h3-6,13-16H,7-11H2,1-2H3;1-5H;/t13-,14+,15-,16-,19-;;/m1../s1. The molecule has 1 spiro atoms. The predicted octanol–water partition coefficient (Wildman–Crippen LogP) is 3.41. The van der Waals surface area contributed by atoms with Gasteiger partial charge in [0.1, 0.15) is 0 Å². The van der Waals surface area contributed by atoms with Gasteiger partial charge >= 0.3 is 0 Å². The summed E-state index contributed by atoms with van der Waals surface area (Å²) in [5.41, 5.74) is -0.189. The van der Waals surface area contributed by atoms with Gasteiger partial charge in [0, 0.05) is 28.4 Å². The first kappa shape index (κ1) is 23.1. The van der Waals surface area contributed by atoms with Crippen LogP contribution in [0.25, 0.3) is 0 Å². The van der Waals surface area contributed by atoms with Gasteiger partial charge in [-0.25, -0.2) is 12.7 Å². The van der Waals surface area contributed by atoms with Crippen LogP contribution < -0.4 is 0 Å². The maximum atomic E-state index is 13.1. The van der Waals surface area contributed by atoms with Crippen molar-refractivity contribution >= 4 is 15.9 Å². The van der Waals surface area contributed by atoms with Gasteiger partial charge in [0.2, 0.25) is 15.9 Å². The van der Waals surface area contributed by atoms with Crippen LogP contribution in [0, 0.1) is 92.3 Å². The van der Waals surface area contributed by atoms with E-state index in [0.717, 1.165) is 25.7 Å². The molecule has 6 fully saturated rings. The zero-order valence-corrected chi connectivity index (χ0v) is 19.4. The Hall–Kier alpha value is -0.0605. The second-order valence-electron chi connectivity index (χ2n) is 9.88. The van der Waals surface area contributed by atoms with Crippen LogP contribution in [0.3, 0.4) is 0 Å². The number of carbonyl (C=O) groups is 1. The van der Waals surface area contributed by atoms with Crippen molar-refractivity contribution in [2.75, 3.05) is 5.75 Å². The van der Waals surface area contributed by atoms with Crippen LogP contribution in [0.2, 0.25) is 0 Å². The molecular formula is C24H29FeNO3S. The molecule has 6 heteroatoms. The monoisotopic (exact) mass is 467 g/mol. The molecule has 4 nitrogen and oxygen atoms in total. The molecule has 5 saturated carbocycles. The molecule has 0 unspecified atom stereocenters. The van der Waals surface area contributed by atoms with Gasteiger partial charge in [-0.15, -0.1) is 0 Å². The van der Waals surface area contributed by atoms with E-state index in [-0.39, 0.29) is 57.4 Å². The van der Waals surface area contributed by atoms with E-state index < -0.39 is 10.0 Å². The number of sulfonamides is 1. The summed E-state index contributed by atoms with van der Waals surface area (Å²) >= 11 is 0. The van der Waals surface area contributed by atoms with Gasteiger partial charge in [0.15, 0.2) is 0 Å². The molecule has 5 aliphatic carbocycles. The molecule has 2 bridgehead atoms. The molecule has 0 aromatic carbocycles. The maximum absolute atomic E-state index is 13.1. The summed E-state index contributed by atoms with van der Waals surface area (Å²) in [7, 11) is -3.47. The van der Waals surface area contributed by atoms with Gasteiger partial charge in [-0.3, -0.25) is 4.79 Å². The van der Waals surface area contributed by atoms with Crippen LogP contribution in [0.15, 0.2) is 0 Å². The first-order valence-electron chi connectivity index (χ1n) is 10.7. The second-order valence-corrected chi connectivity index (χ2v) is 11.7. The van der Waals surface area contributed by atoms with Gasteiger partial charge in [0.25, 0.3) is 0 Å². The van der Waals surface area contributed by atoms with Crippen molar-refractivity contribution in [2.24, 2.45) is 28.6 Å². The summed E-state index contributed by atoms with van der Waals surface area (Å²) < 4.78 is 27.2. The molecule has 10 radical (unpaired) electrons. The molecule has 1 amide bonds. The average Bonchev–Trinajstić information content (AvgIpc) is 3.16. The summed E-state index contributed by atoms with van der Waals surface area (Å²) in [6, 6.07) is -0.0929. The third-order valence-corrected chi connectivity index (χ3v) is 10.3. The van der Waals surface area contributed by atoms with Gasteiger partial charge in [-0.2, -0.15) is 0 Å². The number of hydrogen-bond donors (Lipinski definition) is 0. The number of carbonyl (C=O) groups excluding carboxylic acids is 1. The van der Waals surface area contributed by atoms with Crippen LogP contribution in [-0.2, 0) is 31.9 Å². The Bertz CT molecular complexity index is 764. The molecule has 0 N–H and O–H groups in total. The van der Waals surface area contributed by atoms with E-state index >= 15 is 0 Å². The fourth-order valence-electron chi connectivity index (χ4n) is 6.54. The number of amides is 1. The van der Waals surface area contributed by atoms with Crippen LogP contribution in [-0.4, -0.2) is 30.4 Å². The Kier molecular flexibility index (Phi) is 6.21. The second kappa shape index (κ2) is 8.06. The maximum Gasteiger partial charge on any atom is 0.239 e. The first-order valence-corrected chi connectivity index (χ1v) is 12.3. The summed E-state index contributed by atoms with van der Waals surface area (Å²) in [5.74, 6) is 1.84. The molecule has 30 heavy (non-hydrogen) atoms. The topological polar surface area (TPSA) is 54.5 Å². The minimum atomic E-state index is -3.47. The molecule has 1 aliphatic heterocycles. The number of nitrogens with zero attached hydrogens (tertiary/aromatic N) is 1. The Labute approximate surface area is 193 Å². The summed E-state index contributed by atoms with van der Waals surface area (Å²) in [5, 5.41) is 0. The summed E-state index contributed by atoms with van der Waals surface area (Å²) in [4.78, 5) is 13.1. The Morgan fingerprint density at radius 1 is 1.00 bits per heavy atom. The van der Waals surface area contributed by atoms with E-state index in [1.807, 2.05) is 57.8 Å². The normalized spacial score (nSPS) is 42.4. The molecule has 6 aliphatic rings. The Balaban J connectivity index is 0.000000321. The molecule has 162 valence electrons. The molecule has 1 saturated heterocycles. The molecule has 0 aromatic rings. The molecule has 5 atom stereocenters. The third-order valence-electron chi connectivity index (χ3n) is 8.41. The van der Waals surface area contributed by atoms with E-state index in [4.69, 9.17) is 0 Å². The van der Waals surface area contributed by atoms with E-state index in [1.165, 1.54) is 10.2 Å². The predicted molar refractivity (Wildman–Crippen MR) is 112 cm³/mol. The van der Waals surface area contributed by atoms with E-state index in [0.29, 0.717) is 5.92 Å². The molecule has 1 heterocycles. The van der Waals surface area contributed by atoms with Gasteiger partial charge in [0.05, 0.1) is 11.8 Å². The zero-order valence-electron chi connectivity index (χ0n) is 17.5. The van der Waals surface area contributed by atoms with E-state index in [1.54, 1.807) is 0 Å². The van der Waals surface area contributed by atoms with Gasteiger partial charge in [-0.1, -0.05) is 13.8 Å². The number of hydrogen-bond acceptors (Lipinski definition) is 3. The van der Waals surface area contributed by atoms with E-state index in [9.17, 15) is 13.2 Å². The average molecular weight is 467 g/mol. The van der Waals surface area contributed by atoms with E-state index in [2.05, 4.69) is 13.8 Å². The zero-order chi connectivity index (χ0) is 20.4. The smallest absolute Gasteiger partial charge is 0.239 e. The van der Waals surface area contributed by atoms with Crippen molar-refractivity contribution in [2.45, 2.75) is 45.6 Å². The quantitative estimate of drug-likeness (QED) is 0.585. The third kappa shape index (κ3) is 3.43. The number of rotatable bonds is 2. The number of fused-ring (bicyclic) bond motifs is 1. The van der Waals surface area contributed by atoms with Crippen molar-refractivity contribution in [3.63, 3.8) is 0 Å².